The predicted molar refractivity (Wildman–Crippen MR) is 85.6 cm³/mol. The Hall–Kier alpha value is -0.870. The SMILES string of the molecule is Cl.NC1(c2cccc(-c3cccc(Br)c3)c2)CNC1. The summed E-state index contributed by atoms with van der Waals surface area (Å²) in [6.07, 6.45) is 0. The topological polar surface area (TPSA) is 38.0 Å². The van der Waals surface area contributed by atoms with E-state index >= 15 is 0 Å². The van der Waals surface area contributed by atoms with E-state index in [1.807, 2.05) is 6.07 Å². The number of benzene rings is 2. The van der Waals surface area contributed by atoms with Crippen LogP contribution in [0.5, 0.6) is 0 Å². The van der Waals surface area contributed by atoms with Gasteiger partial charge in [0.25, 0.3) is 0 Å². The molecule has 0 spiro atoms. The van der Waals surface area contributed by atoms with E-state index in [-0.39, 0.29) is 17.9 Å². The lowest BCUT2D eigenvalue weighted by atomic mass is 9.84. The number of nitrogens with two attached hydrogens (primary N) is 1. The van der Waals surface area contributed by atoms with Gasteiger partial charge in [-0.25, -0.2) is 0 Å². The zero-order chi connectivity index (χ0) is 12.6. The minimum Gasteiger partial charge on any atom is -0.319 e. The van der Waals surface area contributed by atoms with Gasteiger partial charge in [0.2, 0.25) is 0 Å². The van der Waals surface area contributed by atoms with E-state index in [1.165, 1.54) is 16.7 Å². The van der Waals surface area contributed by atoms with Gasteiger partial charge >= 0.3 is 0 Å². The van der Waals surface area contributed by atoms with Gasteiger partial charge in [0.15, 0.2) is 0 Å². The fourth-order valence-electron chi connectivity index (χ4n) is 2.27. The molecular weight excluding hydrogens is 324 g/mol. The van der Waals surface area contributed by atoms with Gasteiger partial charge in [0.05, 0.1) is 5.54 Å². The van der Waals surface area contributed by atoms with Crippen LogP contribution in [0.15, 0.2) is 53.0 Å². The summed E-state index contributed by atoms with van der Waals surface area (Å²) in [6.45, 7) is 1.71. The van der Waals surface area contributed by atoms with Crippen molar-refractivity contribution in [1.82, 2.24) is 5.32 Å². The van der Waals surface area contributed by atoms with Crippen LogP contribution < -0.4 is 11.1 Å². The second kappa shape index (κ2) is 5.63. The molecule has 1 saturated heterocycles. The third-order valence-electron chi connectivity index (χ3n) is 3.48. The zero-order valence-corrected chi connectivity index (χ0v) is 12.8. The van der Waals surface area contributed by atoms with Gasteiger partial charge in [0.1, 0.15) is 0 Å². The van der Waals surface area contributed by atoms with Crippen molar-refractivity contribution in [2.75, 3.05) is 13.1 Å². The second-order valence-corrected chi connectivity index (χ2v) is 5.77. The van der Waals surface area contributed by atoms with Gasteiger partial charge in [-0.15, -0.1) is 12.4 Å². The number of hydrogen-bond acceptors (Lipinski definition) is 2. The van der Waals surface area contributed by atoms with Crippen molar-refractivity contribution < 1.29 is 0 Å². The summed E-state index contributed by atoms with van der Waals surface area (Å²) in [6, 6.07) is 16.8. The molecule has 1 aliphatic heterocycles. The van der Waals surface area contributed by atoms with Crippen molar-refractivity contribution in [3.63, 3.8) is 0 Å². The Kier molecular flexibility index (Phi) is 4.31. The highest BCUT2D eigenvalue weighted by Crippen LogP contribution is 2.28. The number of rotatable bonds is 2. The molecule has 1 fully saturated rings. The maximum atomic E-state index is 6.33. The maximum absolute atomic E-state index is 6.33. The summed E-state index contributed by atoms with van der Waals surface area (Å²) in [5.41, 5.74) is 9.77. The minimum absolute atomic E-state index is 0. The molecule has 2 aromatic carbocycles. The number of halogens is 2. The standard InChI is InChI=1S/C15H15BrN2.ClH/c16-14-6-2-4-12(8-14)11-3-1-5-13(7-11)15(17)9-18-10-15;/h1-8,18H,9-10,17H2;1H. The highest BCUT2D eigenvalue weighted by Gasteiger charge is 2.34. The molecule has 2 aromatic rings. The first-order chi connectivity index (χ1) is 8.67. The first-order valence-corrected chi connectivity index (χ1v) is 6.83. The van der Waals surface area contributed by atoms with E-state index in [9.17, 15) is 0 Å². The van der Waals surface area contributed by atoms with E-state index in [0.29, 0.717) is 0 Å². The number of nitrogens with one attached hydrogen (secondary N) is 1. The lowest BCUT2D eigenvalue weighted by molar-refractivity contribution is 0.287. The summed E-state index contributed by atoms with van der Waals surface area (Å²) in [5, 5.41) is 3.24. The van der Waals surface area contributed by atoms with Crippen LogP contribution in [-0.4, -0.2) is 13.1 Å². The van der Waals surface area contributed by atoms with Crippen LogP contribution >= 0.6 is 28.3 Å². The smallest absolute Gasteiger partial charge is 0.0662 e. The Labute approximate surface area is 127 Å². The Balaban J connectivity index is 0.00000133. The van der Waals surface area contributed by atoms with Gasteiger partial charge in [-0.3, -0.25) is 0 Å². The van der Waals surface area contributed by atoms with Crippen molar-refractivity contribution in [3.05, 3.63) is 58.6 Å². The summed E-state index contributed by atoms with van der Waals surface area (Å²) >= 11 is 3.51. The van der Waals surface area contributed by atoms with Gasteiger partial charge in [-0.05, 0) is 34.9 Å². The number of hydrogen-bond donors (Lipinski definition) is 2. The molecule has 0 unspecified atom stereocenters. The van der Waals surface area contributed by atoms with Crippen molar-refractivity contribution in [3.8, 4) is 11.1 Å². The average Bonchev–Trinajstić information content (AvgIpc) is 2.36. The first-order valence-electron chi connectivity index (χ1n) is 6.03. The van der Waals surface area contributed by atoms with E-state index in [4.69, 9.17) is 5.73 Å². The fourth-order valence-corrected chi connectivity index (χ4v) is 2.67. The van der Waals surface area contributed by atoms with Crippen LogP contribution in [0, 0.1) is 0 Å². The van der Waals surface area contributed by atoms with Crippen LogP contribution in [0.2, 0.25) is 0 Å². The zero-order valence-electron chi connectivity index (χ0n) is 10.4. The minimum atomic E-state index is -0.192. The van der Waals surface area contributed by atoms with Crippen LogP contribution in [0.4, 0.5) is 0 Å². The summed E-state index contributed by atoms with van der Waals surface area (Å²) in [4.78, 5) is 0. The Morgan fingerprint density at radius 3 is 2.21 bits per heavy atom. The van der Waals surface area contributed by atoms with Crippen LogP contribution in [-0.2, 0) is 5.54 Å². The molecule has 4 heteroatoms. The van der Waals surface area contributed by atoms with Crippen molar-refractivity contribution in [2.45, 2.75) is 5.54 Å². The van der Waals surface area contributed by atoms with Crippen LogP contribution in [0.3, 0.4) is 0 Å². The average molecular weight is 340 g/mol. The molecule has 0 bridgehead atoms. The Bertz CT molecular complexity index is 582. The molecule has 0 aromatic heterocycles. The van der Waals surface area contributed by atoms with E-state index in [2.05, 4.69) is 63.7 Å². The molecule has 0 aliphatic carbocycles. The molecule has 1 heterocycles. The third kappa shape index (κ3) is 2.84. The summed E-state index contributed by atoms with van der Waals surface area (Å²) in [7, 11) is 0. The first kappa shape index (κ1) is 14.5. The van der Waals surface area contributed by atoms with Gasteiger partial charge in [-0.1, -0.05) is 46.3 Å². The Morgan fingerprint density at radius 2 is 1.63 bits per heavy atom. The highest BCUT2D eigenvalue weighted by molar-refractivity contribution is 9.10. The molecule has 19 heavy (non-hydrogen) atoms. The lowest BCUT2D eigenvalue weighted by Gasteiger charge is -2.39. The highest BCUT2D eigenvalue weighted by atomic mass is 79.9. The van der Waals surface area contributed by atoms with E-state index in [0.717, 1.165) is 17.6 Å². The van der Waals surface area contributed by atoms with Crippen LogP contribution in [0.25, 0.3) is 11.1 Å². The molecule has 0 radical (unpaired) electrons. The summed E-state index contributed by atoms with van der Waals surface area (Å²) in [5.74, 6) is 0. The Morgan fingerprint density at radius 1 is 1.00 bits per heavy atom. The fraction of sp³-hybridized carbons (Fsp3) is 0.200. The molecule has 2 nitrogen and oxygen atoms in total. The monoisotopic (exact) mass is 338 g/mol. The molecule has 3 N–H and O–H groups in total. The van der Waals surface area contributed by atoms with E-state index < -0.39 is 0 Å². The van der Waals surface area contributed by atoms with Gasteiger partial charge in [0, 0.05) is 17.6 Å². The molecule has 1 aliphatic rings. The van der Waals surface area contributed by atoms with Crippen LogP contribution in [0.1, 0.15) is 5.56 Å². The molecule has 0 amide bonds. The molecule has 100 valence electrons. The van der Waals surface area contributed by atoms with Gasteiger partial charge in [-0.2, -0.15) is 0 Å². The normalized spacial score (nSPS) is 16.3. The lowest BCUT2D eigenvalue weighted by Crippen LogP contribution is -2.62. The van der Waals surface area contributed by atoms with Crippen molar-refractivity contribution in [2.24, 2.45) is 5.73 Å². The van der Waals surface area contributed by atoms with Crippen molar-refractivity contribution >= 4 is 28.3 Å². The predicted octanol–water partition coefficient (Wildman–Crippen LogP) is 3.30. The molecular formula is C15H16BrClN2. The maximum Gasteiger partial charge on any atom is 0.0662 e. The quantitative estimate of drug-likeness (QED) is 0.881. The molecule has 0 atom stereocenters. The van der Waals surface area contributed by atoms with E-state index in [1.54, 1.807) is 0 Å². The second-order valence-electron chi connectivity index (χ2n) is 4.85. The molecule has 0 saturated carbocycles. The third-order valence-corrected chi connectivity index (χ3v) is 3.97. The van der Waals surface area contributed by atoms with Crippen molar-refractivity contribution in [1.29, 1.82) is 0 Å². The summed E-state index contributed by atoms with van der Waals surface area (Å²) < 4.78 is 1.10. The van der Waals surface area contributed by atoms with Gasteiger partial charge < -0.3 is 11.1 Å². The largest absolute Gasteiger partial charge is 0.319 e. The molecule has 3 rings (SSSR count).